The zero-order valence-electron chi connectivity index (χ0n) is 10.5. The molecule has 1 fully saturated rings. The molecule has 0 aliphatic carbocycles. The van der Waals surface area contributed by atoms with Gasteiger partial charge in [-0.25, -0.2) is 0 Å². The average molecular weight is 325 g/mol. The molecule has 1 aromatic rings. The summed E-state index contributed by atoms with van der Waals surface area (Å²) in [6.45, 7) is 1.71. The van der Waals surface area contributed by atoms with Crippen LogP contribution >= 0.6 is 35.3 Å². The van der Waals surface area contributed by atoms with E-state index in [1.165, 1.54) is 16.2 Å². The Bertz CT molecular complexity index is 420. The maximum atomic E-state index is 12.0. The highest BCUT2D eigenvalue weighted by molar-refractivity contribution is 7.16. The second-order valence-corrected chi connectivity index (χ2v) is 6.28. The summed E-state index contributed by atoms with van der Waals surface area (Å²) in [5.74, 6) is -0.0755. The van der Waals surface area contributed by atoms with Crippen molar-refractivity contribution < 1.29 is 9.53 Å². The number of nitrogens with one attached hydrogen (secondary N) is 1. The molecule has 4 nitrogen and oxygen atoms in total. The van der Waals surface area contributed by atoms with Gasteiger partial charge < -0.3 is 15.8 Å². The van der Waals surface area contributed by atoms with E-state index >= 15 is 0 Å². The maximum absolute atomic E-state index is 12.0. The van der Waals surface area contributed by atoms with Gasteiger partial charge in [0.25, 0.3) is 0 Å². The number of carbonyl (C=O) groups excluding carboxylic acids is 1. The molecule has 2 rings (SSSR count). The third-order valence-corrected chi connectivity index (χ3v) is 4.41. The second kappa shape index (κ2) is 7.45. The molecule has 0 radical (unpaired) electrons. The molecule has 0 saturated carbocycles. The Morgan fingerprint density at radius 2 is 2.16 bits per heavy atom. The number of carbonyl (C=O) groups is 1. The first kappa shape index (κ1) is 16.7. The SMILES string of the molecule is Cl.NC1(C(=O)NCCc2ccc(Cl)s2)CCOCC1. The summed E-state index contributed by atoms with van der Waals surface area (Å²) >= 11 is 7.38. The lowest BCUT2D eigenvalue weighted by atomic mass is 9.90. The number of hydrogen-bond acceptors (Lipinski definition) is 4. The molecule has 0 spiro atoms. The average Bonchev–Trinajstić information content (AvgIpc) is 2.76. The van der Waals surface area contributed by atoms with E-state index in [0.29, 0.717) is 32.6 Å². The van der Waals surface area contributed by atoms with Crippen LogP contribution in [0.15, 0.2) is 12.1 Å². The van der Waals surface area contributed by atoms with Gasteiger partial charge in [0.1, 0.15) is 0 Å². The standard InChI is InChI=1S/C12H17ClN2O2S.ClH/c13-10-2-1-9(18-10)3-6-15-11(16)12(14)4-7-17-8-5-12;/h1-2H,3-8,14H2,(H,15,16);1H. The van der Waals surface area contributed by atoms with E-state index in [9.17, 15) is 4.79 Å². The third-order valence-electron chi connectivity index (χ3n) is 3.12. The molecule has 0 aromatic carbocycles. The van der Waals surface area contributed by atoms with Crippen molar-refractivity contribution in [1.82, 2.24) is 5.32 Å². The molecule has 19 heavy (non-hydrogen) atoms. The number of halogens is 2. The van der Waals surface area contributed by atoms with Crippen molar-refractivity contribution in [1.29, 1.82) is 0 Å². The van der Waals surface area contributed by atoms with Crippen molar-refractivity contribution >= 4 is 41.3 Å². The Balaban J connectivity index is 0.00000180. The molecule has 0 unspecified atom stereocenters. The Labute approximate surface area is 128 Å². The van der Waals surface area contributed by atoms with Crippen LogP contribution < -0.4 is 11.1 Å². The highest BCUT2D eigenvalue weighted by Gasteiger charge is 2.35. The van der Waals surface area contributed by atoms with E-state index in [4.69, 9.17) is 22.1 Å². The predicted octanol–water partition coefficient (Wildman–Crippen LogP) is 1.99. The van der Waals surface area contributed by atoms with Crippen LogP contribution in [0.25, 0.3) is 0 Å². The van der Waals surface area contributed by atoms with Gasteiger partial charge >= 0.3 is 0 Å². The van der Waals surface area contributed by atoms with Gasteiger partial charge in [0, 0.05) is 24.6 Å². The Morgan fingerprint density at radius 1 is 1.47 bits per heavy atom. The summed E-state index contributed by atoms with van der Waals surface area (Å²) in [5, 5.41) is 2.89. The Hall–Kier alpha value is -0.330. The summed E-state index contributed by atoms with van der Waals surface area (Å²) in [6.07, 6.45) is 1.96. The molecule has 108 valence electrons. The lowest BCUT2D eigenvalue weighted by molar-refractivity contribution is -0.129. The topological polar surface area (TPSA) is 64.4 Å². The molecule has 1 aromatic heterocycles. The quantitative estimate of drug-likeness (QED) is 0.890. The summed E-state index contributed by atoms with van der Waals surface area (Å²) in [6, 6.07) is 3.85. The molecule has 1 amide bonds. The number of thiophene rings is 1. The third kappa shape index (κ3) is 4.61. The molecule has 2 heterocycles. The van der Waals surface area contributed by atoms with Gasteiger partial charge in [-0.05, 0) is 31.4 Å². The molecule has 1 aliphatic rings. The summed E-state index contributed by atoms with van der Waals surface area (Å²) in [5.41, 5.74) is 5.32. The number of rotatable bonds is 4. The van der Waals surface area contributed by atoms with E-state index in [2.05, 4.69) is 5.32 Å². The van der Waals surface area contributed by atoms with E-state index in [1.54, 1.807) is 0 Å². The molecular weight excluding hydrogens is 307 g/mol. The van der Waals surface area contributed by atoms with Crippen molar-refractivity contribution in [2.45, 2.75) is 24.8 Å². The number of amides is 1. The lowest BCUT2D eigenvalue weighted by Gasteiger charge is -2.31. The smallest absolute Gasteiger partial charge is 0.240 e. The van der Waals surface area contributed by atoms with Gasteiger partial charge in [-0.2, -0.15) is 0 Å². The minimum absolute atomic E-state index is 0. The van der Waals surface area contributed by atoms with E-state index < -0.39 is 5.54 Å². The second-order valence-electron chi connectivity index (χ2n) is 4.48. The van der Waals surface area contributed by atoms with Crippen molar-refractivity contribution in [3.63, 3.8) is 0 Å². The molecule has 1 saturated heterocycles. The van der Waals surface area contributed by atoms with Crippen LogP contribution in [0.3, 0.4) is 0 Å². The largest absolute Gasteiger partial charge is 0.381 e. The Morgan fingerprint density at radius 3 is 2.74 bits per heavy atom. The van der Waals surface area contributed by atoms with Crippen LogP contribution in [0.2, 0.25) is 4.34 Å². The lowest BCUT2D eigenvalue weighted by Crippen LogP contribution is -2.57. The molecule has 3 N–H and O–H groups in total. The van der Waals surface area contributed by atoms with Crippen molar-refractivity contribution in [3.8, 4) is 0 Å². The fourth-order valence-electron chi connectivity index (χ4n) is 1.92. The van der Waals surface area contributed by atoms with Crippen LogP contribution in [0.5, 0.6) is 0 Å². The van der Waals surface area contributed by atoms with Gasteiger partial charge in [0.2, 0.25) is 5.91 Å². The van der Waals surface area contributed by atoms with E-state index in [-0.39, 0.29) is 18.3 Å². The molecule has 0 atom stereocenters. The van der Waals surface area contributed by atoms with Crippen LogP contribution in [-0.2, 0) is 16.0 Å². The highest BCUT2D eigenvalue weighted by Crippen LogP contribution is 2.21. The van der Waals surface area contributed by atoms with Crippen LogP contribution in [-0.4, -0.2) is 31.2 Å². The first-order chi connectivity index (χ1) is 8.60. The normalized spacial score (nSPS) is 17.6. The molecule has 0 bridgehead atoms. The fraction of sp³-hybridized carbons (Fsp3) is 0.583. The number of nitrogens with two attached hydrogens (primary N) is 1. The first-order valence-corrected chi connectivity index (χ1v) is 7.19. The van der Waals surface area contributed by atoms with Gasteiger partial charge in [0.15, 0.2) is 0 Å². The predicted molar refractivity (Wildman–Crippen MR) is 80.3 cm³/mol. The van der Waals surface area contributed by atoms with Gasteiger partial charge in [-0.3, -0.25) is 4.79 Å². The van der Waals surface area contributed by atoms with E-state index in [1.807, 2.05) is 12.1 Å². The zero-order valence-corrected chi connectivity index (χ0v) is 12.9. The van der Waals surface area contributed by atoms with Crippen molar-refractivity contribution in [2.24, 2.45) is 5.73 Å². The van der Waals surface area contributed by atoms with Crippen LogP contribution in [0.4, 0.5) is 0 Å². The number of hydrogen-bond donors (Lipinski definition) is 2. The molecule has 7 heteroatoms. The van der Waals surface area contributed by atoms with Crippen molar-refractivity contribution in [2.75, 3.05) is 19.8 Å². The van der Waals surface area contributed by atoms with Crippen LogP contribution in [0, 0.1) is 0 Å². The highest BCUT2D eigenvalue weighted by atomic mass is 35.5. The monoisotopic (exact) mass is 324 g/mol. The van der Waals surface area contributed by atoms with Gasteiger partial charge in [-0.15, -0.1) is 23.7 Å². The fourth-order valence-corrected chi connectivity index (χ4v) is 3.01. The summed E-state index contributed by atoms with van der Waals surface area (Å²) in [4.78, 5) is 13.2. The molecule has 1 aliphatic heterocycles. The van der Waals surface area contributed by atoms with Crippen molar-refractivity contribution in [3.05, 3.63) is 21.3 Å². The zero-order chi connectivity index (χ0) is 13.0. The maximum Gasteiger partial charge on any atom is 0.240 e. The first-order valence-electron chi connectivity index (χ1n) is 5.99. The molecular formula is C12H18Cl2N2O2S. The van der Waals surface area contributed by atoms with Gasteiger partial charge in [0.05, 0.1) is 9.88 Å². The van der Waals surface area contributed by atoms with Crippen LogP contribution in [0.1, 0.15) is 17.7 Å². The minimum atomic E-state index is -0.759. The number of ether oxygens (including phenoxy) is 1. The Kier molecular flexibility index (Phi) is 6.56. The minimum Gasteiger partial charge on any atom is -0.381 e. The van der Waals surface area contributed by atoms with E-state index in [0.717, 1.165) is 10.8 Å². The summed E-state index contributed by atoms with van der Waals surface area (Å²) < 4.78 is 5.99. The summed E-state index contributed by atoms with van der Waals surface area (Å²) in [7, 11) is 0. The van der Waals surface area contributed by atoms with Gasteiger partial charge in [-0.1, -0.05) is 11.6 Å².